The number of aliphatic carboxylic acids is 1. The van der Waals surface area contributed by atoms with E-state index in [1.807, 2.05) is 6.92 Å². The second-order valence-corrected chi connectivity index (χ2v) is 3.47. The first-order valence-electron chi connectivity index (χ1n) is 3.50. The molecule has 0 bridgehead atoms. The Morgan fingerprint density at radius 2 is 2.58 bits per heavy atom. The summed E-state index contributed by atoms with van der Waals surface area (Å²) in [6.45, 7) is 1.90. The Morgan fingerprint density at radius 3 is 3.00 bits per heavy atom. The number of aryl methyl sites for hydroxylation is 1. The molecule has 12 heavy (non-hydrogen) atoms. The van der Waals surface area contributed by atoms with Crippen LogP contribution in [-0.2, 0) is 11.2 Å². The van der Waals surface area contributed by atoms with Crippen molar-refractivity contribution in [2.24, 2.45) is 5.73 Å². The van der Waals surface area contributed by atoms with Crippen LogP contribution in [0.5, 0.6) is 0 Å². The molecule has 1 aromatic rings. The Kier molecular flexibility index (Phi) is 2.78. The van der Waals surface area contributed by atoms with Crippen LogP contribution in [0.3, 0.4) is 0 Å². The molecule has 3 N–H and O–H groups in total. The quantitative estimate of drug-likeness (QED) is 0.716. The molecular formula is C7H10N2O2S. The zero-order chi connectivity index (χ0) is 9.14. The summed E-state index contributed by atoms with van der Waals surface area (Å²) in [5, 5.41) is 8.53. The van der Waals surface area contributed by atoms with E-state index in [4.69, 9.17) is 10.8 Å². The highest BCUT2D eigenvalue weighted by molar-refractivity contribution is 7.05. The maximum atomic E-state index is 10.4. The van der Waals surface area contributed by atoms with Gasteiger partial charge in [0.25, 0.3) is 0 Å². The third-order valence-corrected chi connectivity index (χ3v) is 2.49. The number of rotatable bonds is 3. The maximum Gasteiger partial charge on any atom is 0.320 e. The van der Waals surface area contributed by atoms with E-state index in [-0.39, 0.29) is 0 Å². The third-order valence-electron chi connectivity index (χ3n) is 1.57. The largest absolute Gasteiger partial charge is 0.480 e. The van der Waals surface area contributed by atoms with Gasteiger partial charge in [0.1, 0.15) is 6.04 Å². The summed E-state index contributed by atoms with van der Waals surface area (Å²) in [6, 6.07) is -0.816. The number of hydrogen-bond donors (Lipinski definition) is 2. The molecule has 0 fully saturated rings. The van der Waals surface area contributed by atoms with Crippen LogP contribution in [-0.4, -0.2) is 21.5 Å². The van der Waals surface area contributed by atoms with E-state index in [9.17, 15) is 4.79 Å². The Hall–Kier alpha value is -0.940. The predicted molar refractivity (Wildman–Crippen MR) is 46.2 cm³/mol. The summed E-state index contributed by atoms with van der Waals surface area (Å²) >= 11 is 1.30. The predicted octanol–water partition coefficient (Wildman–Crippen LogP) is 0.406. The molecule has 5 heteroatoms. The van der Waals surface area contributed by atoms with Crippen molar-refractivity contribution in [1.82, 2.24) is 4.37 Å². The average Bonchev–Trinajstić information content (AvgIpc) is 2.36. The van der Waals surface area contributed by atoms with Gasteiger partial charge in [0.05, 0.1) is 0 Å². The number of carboxylic acid groups (broad SMARTS) is 1. The lowest BCUT2D eigenvalue weighted by atomic mass is 10.1. The Morgan fingerprint density at radius 1 is 1.92 bits per heavy atom. The summed E-state index contributed by atoms with van der Waals surface area (Å²) in [5.41, 5.74) is 6.37. The van der Waals surface area contributed by atoms with Gasteiger partial charge in [-0.3, -0.25) is 4.79 Å². The zero-order valence-corrected chi connectivity index (χ0v) is 7.47. The summed E-state index contributed by atoms with van der Waals surface area (Å²) in [7, 11) is 0. The summed E-state index contributed by atoms with van der Waals surface area (Å²) < 4.78 is 3.93. The SMILES string of the molecule is Cc1cnsc1CC(N)C(=O)O. The van der Waals surface area contributed by atoms with Crippen molar-refractivity contribution in [3.63, 3.8) is 0 Å². The van der Waals surface area contributed by atoms with Crippen molar-refractivity contribution in [3.05, 3.63) is 16.6 Å². The fourth-order valence-electron chi connectivity index (χ4n) is 0.798. The first kappa shape index (κ1) is 9.15. The summed E-state index contributed by atoms with van der Waals surface area (Å²) in [5.74, 6) is -0.970. The summed E-state index contributed by atoms with van der Waals surface area (Å²) in [4.78, 5) is 11.3. The van der Waals surface area contributed by atoms with Gasteiger partial charge in [-0.15, -0.1) is 0 Å². The molecule has 4 nitrogen and oxygen atoms in total. The summed E-state index contributed by atoms with van der Waals surface area (Å²) in [6.07, 6.45) is 2.08. The van der Waals surface area contributed by atoms with Crippen LogP contribution in [0.1, 0.15) is 10.4 Å². The molecule has 1 atom stereocenters. The monoisotopic (exact) mass is 186 g/mol. The molecule has 0 aromatic carbocycles. The van der Waals surface area contributed by atoms with E-state index in [1.54, 1.807) is 6.20 Å². The normalized spacial score (nSPS) is 12.8. The minimum atomic E-state index is -0.970. The van der Waals surface area contributed by atoms with Gasteiger partial charge in [-0.05, 0) is 24.0 Å². The van der Waals surface area contributed by atoms with Gasteiger partial charge in [0, 0.05) is 17.5 Å². The number of carbonyl (C=O) groups is 1. The molecule has 0 aliphatic rings. The first-order valence-corrected chi connectivity index (χ1v) is 4.27. The molecular weight excluding hydrogens is 176 g/mol. The smallest absolute Gasteiger partial charge is 0.320 e. The van der Waals surface area contributed by atoms with Gasteiger partial charge in [-0.25, -0.2) is 4.37 Å². The van der Waals surface area contributed by atoms with Crippen molar-refractivity contribution in [3.8, 4) is 0 Å². The van der Waals surface area contributed by atoms with Crippen LogP contribution in [0.15, 0.2) is 6.20 Å². The highest BCUT2D eigenvalue weighted by Gasteiger charge is 2.14. The fourth-order valence-corrected chi connectivity index (χ4v) is 1.59. The van der Waals surface area contributed by atoms with Gasteiger partial charge < -0.3 is 10.8 Å². The van der Waals surface area contributed by atoms with E-state index in [0.717, 1.165) is 10.4 Å². The van der Waals surface area contributed by atoms with E-state index in [2.05, 4.69) is 4.37 Å². The van der Waals surface area contributed by atoms with Gasteiger partial charge in [-0.1, -0.05) is 0 Å². The van der Waals surface area contributed by atoms with Gasteiger partial charge >= 0.3 is 5.97 Å². The van der Waals surface area contributed by atoms with Gasteiger partial charge in [0.2, 0.25) is 0 Å². The van der Waals surface area contributed by atoms with Crippen LogP contribution in [0, 0.1) is 6.92 Å². The molecule has 0 aliphatic carbocycles. The van der Waals surface area contributed by atoms with E-state index in [1.165, 1.54) is 11.5 Å². The van der Waals surface area contributed by atoms with Crippen molar-refractivity contribution >= 4 is 17.5 Å². The Labute approximate surface area is 74.2 Å². The maximum absolute atomic E-state index is 10.4. The number of aromatic nitrogens is 1. The van der Waals surface area contributed by atoms with Gasteiger partial charge in [-0.2, -0.15) is 0 Å². The molecule has 1 heterocycles. The lowest BCUT2D eigenvalue weighted by Crippen LogP contribution is -2.32. The van der Waals surface area contributed by atoms with E-state index >= 15 is 0 Å². The molecule has 1 aromatic heterocycles. The number of hydrogen-bond acceptors (Lipinski definition) is 4. The molecule has 0 aliphatic heterocycles. The highest BCUT2D eigenvalue weighted by Crippen LogP contribution is 2.13. The number of carboxylic acids is 1. The van der Waals surface area contributed by atoms with E-state index < -0.39 is 12.0 Å². The third kappa shape index (κ3) is 2.02. The standard InChI is InChI=1S/C7H10N2O2S/c1-4-3-9-12-6(4)2-5(8)7(10)11/h3,5H,2,8H2,1H3,(H,10,11). The molecule has 1 unspecified atom stereocenters. The minimum Gasteiger partial charge on any atom is -0.480 e. The number of nitrogens with two attached hydrogens (primary N) is 1. The van der Waals surface area contributed by atoms with Crippen molar-refractivity contribution in [1.29, 1.82) is 0 Å². The van der Waals surface area contributed by atoms with E-state index in [0.29, 0.717) is 6.42 Å². The van der Waals surface area contributed by atoms with Crippen molar-refractivity contribution in [2.75, 3.05) is 0 Å². The van der Waals surface area contributed by atoms with Crippen LogP contribution in [0.25, 0.3) is 0 Å². The minimum absolute atomic E-state index is 0.367. The van der Waals surface area contributed by atoms with Crippen LogP contribution in [0.2, 0.25) is 0 Å². The van der Waals surface area contributed by atoms with Crippen LogP contribution in [0.4, 0.5) is 0 Å². The molecule has 0 radical (unpaired) electrons. The molecule has 1 rings (SSSR count). The Bertz CT molecular complexity index is 285. The van der Waals surface area contributed by atoms with Crippen molar-refractivity contribution < 1.29 is 9.90 Å². The van der Waals surface area contributed by atoms with Crippen molar-refractivity contribution in [2.45, 2.75) is 19.4 Å². The fraction of sp³-hybridized carbons (Fsp3) is 0.429. The topological polar surface area (TPSA) is 76.2 Å². The van der Waals surface area contributed by atoms with Crippen LogP contribution < -0.4 is 5.73 Å². The number of nitrogens with zero attached hydrogens (tertiary/aromatic N) is 1. The molecule has 0 saturated heterocycles. The van der Waals surface area contributed by atoms with Crippen LogP contribution >= 0.6 is 11.5 Å². The van der Waals surface area contributed by atoms with Gasteiger partial charge in [0.15, 0.2) is 0 Å². The lowest BCUT2D eigenvalue weighted by molar-refractivity contribution is -0.138. The molecule has 66 valence electrons. The second kappa shape index (κ2) is 3.64. The average molecular weight is 186 g/mol. The zero-order valence-electron chi connectivity index (χ0n) is 6.65. The first-order chi connectivity index (χ1) is 5.61. The molecule has 0 saturated carbocycles. The Balaban J connectivity index is 2.64. The molecule has 0 amide bonds. The second-order valence-electron chi connectivity index (χ2n) is 2.58. The highest BCUT2D eigenvalue weighted by atomic mass is 32.1. The molecule has 0 spiro atoms. The lowest BCUT2D eigenvalue weighted by Gasteiger charge is -2.03.